The molecule has 0 bridgehead atoms. The van der Waals surface area contributed by atoms with E-state index in [1.165, 1.54) is 22.5 Å². The summed E-state index contributed by atoms with van der Waals surface area (Å²) in [5.41, 5.74) is 3.86. The Balaban J connectivity index is 1.18. The highest BCUT2D eigenvalue weighted by atomic mass is 35.5. The number of nitrogens with zero attached hydrogens (tertiary/aromatic N) is 2. The van der Waals surface area contributed by atoms with Gasteiger partial charge < -0.3 is 15.0 Å². The average molecular weight is 496 g/mol. The molecule has 1 saturated heterocycles. The molecule has 1 N–H and O–H groups in total. The van der Waals surface area contributed by atoms with Crippen LogP contribution in [-0.4, -0.2) is 54.4 Å². The summed E-state index contributed by atoms with van der Waals surface area (Å²) in [5, 5.41) is 3.92. The van der Waals surface area contributed by atoms with Crippen molar-refractivity contribution in [1.82, 2.24) is 9.80 Å². The molecule has 1 fully saturated rings. The molecule has 2 aliphatic rings. The third kappa shape index (κ3) is 4.82. The van der Waals surface area contributed by atoms with Gasteiger partial charge in [-0.2, -0.15) is 0 Å². The first-order valence-corrected chi connectivity index (χ1v) is 12.6. The molecule has 3 aromatic rings. The SMILES string of the molecule is Cc1cc(NC(=O)c2ccccc2Cl)sc1C(=O)N1CCN(Cc2ccc3c(c2)CCO3)CC1. The van der Waals surface area contributed by atoms with Crippen molar-refractivity contribution < 1.29 is 14.3 Å². The molecule has 176 valence electrons. The molecule has 0 atom stereocenters. The number of piperazine rings is 1. The van der Waals surface area contributed by atoms with Crippen molar-refractivity contribution in [3.05, 3.63) is 80.7 Å². The largest absolute Gasteiger partial charge is 0.493 e. The minimum absolute atomic E-state index is 0.0232. The summed E-state index contributed by atoms with van der Waals surface area (Å²) in [5.74, 6) is 0.751. The van der Waals surface area contributed by atoms with Crippen molar-refractivity contribution in [3.63, 3.8) is 0 Å². The minimum atomic E-state index is -0.280. The first-order chi connectivity index (χ1) is 16.5. The van der Waals surface area contributed by atoms with Crippen LogP contribution in [0.4, 0.5) is 5.00 Å². The summed E-state index contributed by atoms with van der Waals surface area (Å²) in [4.78, 5) is 30.7. The van der Waals surface area contributed by atoms with E-state index in [-0.39, 0.29) is 11.8 Å². The Morgan fingerprint density at radius 2 is 1.88 bits per heavy atom. The number of rotatable bonds is 5. The molecule has 2 amide bonds. The lowest BCUT2D eigenvalue weighted by Crippen LogP contribution is -2.48. The molecular formula is C26H26ClN3O3S. The molecular weight excluding hydrogens is 470 g/mol. The van der Waals surface area contributed by atoms with Gasteiger partial charge in [0, 0.05) is 39.1 Å². The summed E-state index contributed by atoms with van der Waals surface area (Å²) in [6, 6.07) is 15.2. The van der Waals surface area contributed by atoms with Crippen molar-refractivity contribution in [2.75, 3.05) is 38.1 Å². The van der Waals surface area contributed by atoms with Crippen LogP contribution >= 0.6 is 22.9 Å². The summed E-state index contributed by atoms with van der Waals surface area (Å²) < 4.78 is 5.60. The smallest absolute Gasteiger partial charge is 0.264 e. The number of anilines is 1. The fraction of sp³-hybridized carbons (Fsp3) is 0.308. The van der Waals surface area contributed by atoms with Gasteiger partial charge in [-0.25, -0.2) is 0 Å². The lowest BCUT2D eigenvalue weighted by molar-refractivity contribution is 0.0632. The van der Waals surface area contributed by atoms with Gasteiger partial charge in [-0.15, -0.1) is 11.3 Å². The Hall–Kier alpha value is -2.87. The molecule has 0 saturated carbocycles. The molecule has 3 heterocycles. The number of ether oxygens (including phenoxy) is 1. The fourth-order valence-corrected chi connectivity index (χ4v) is 5.69. The van der Waals surface area contributed by atoms with Gasteiger partial charge in [0.1, 0.15) is 5.75 Å². The normalized spacial score (nSPS) is 15.6. The number of halogens is 1. The number of nitrogens with one attached hydrogen (secondary N) is 1. The molecule has 0 spiro atoms. The van der Waals surface area contributed by atoms with E-state index in [9.17, 15) is 9.59 Å². The van der Waals surface area contributed by atoms with Gasteiger partial charge in [-0.1, -0.05) is 35.9 Å². The number of hydrogen-bond donors (Lipinski definition) is 1. The van der Waals surface area contributed by atoms with E-state index in [0.29, 0.717) is 33.6 Å². The second-order valence-electron chi connectivity index (χ2n) is 8.67. The maximum atomic E-state index is 13.2. The molecule has 0 radical (unpaired) electrons. The van der Waals surface area contributed by atoms with Crippen LogP contribution in [0.25, 0.3) is 0 Å². The first-order valence-electron chi connectivity index (χ1n) is 11.4. The van der Waals surface area contributed by atoms with E-state index in [0.717, 1.165) is 44.0 Å². The standard InChI is InChI=1S/C26H26ClN3O3S/c1-17-14-23(28-25(31)20-4-2-3-5-21(20)27)34-24(17)26(32)30-11-9-29(10-12-30)16-18-6-7-22-19(15-18)8-13-33-22/h2-7,14-15H,8-13,16H2,1H3,(H,28,31). The number of thiophene rings is 1. The number of fused-ring (bicyclic) bond motifs is 1. The van der Waals surface area contributed by atoms with Gasteiger partial charge in [0.2, 0.25) is 0 Å². The Bertz CT molecular complexity index is 1230. The molecule has 34 heavy (non-hydrogen) atoms. The van der Waals surface area contributed by atoms with Crippen molar-refractivity contribution in [1.29, 1.82) is 0 Å². The zero-order valence-electron chi connectivity index (χ0n) is 19.0. The summed E-state index contributed by atoms with van der Waals surface area (Å²) in [7, 11) is 0. The fourth-order valence-electron chi connectivity index (χ4n) is 4.43. The molecule has 5 rings (SSSR count). The Morgan fingerprint density at radius 3 is 2.68 bits per heavy atom. The molecule has 2 aromatic carbocycles. The highest BCUT2D eigenvalue weighted by molar-refractivity contribution is 7.18. The first kappa shape index (κ1) is 22.9. The number of carbonyl (C=O) groups excluding carboxylic acids is 2. The van der Waals surface area contributed by atoms with Gasteiger partial charge >= 0.3 is 0 Å². The highest BCUT2D eigenvalue weighted by Crippen LogP contribution is 2.30. The zero-order valence-corrected chi connectivity index (χ0v) is 20.5. The number of benzene rings is 2. The van der Waals surface area contributed by atoms with Crippen molar-refractivity contribution in [2.45, 2.75) is 19.9 Å². The van der Waals surface area contributed by atoms with Crippen molar-refractivity contribution in [3.8, 4) is 5.75 Å². The lowest BCUT2D eigenvalue weighted by atomic mass is 10.1. The zero-order chi connectivity index (χ0) is 23.7. The Morgan fingerprint density at radius 1 is 1.09 bits per heavy atom. The monoisotopic (exact) mass is 495 g/mol. The summed E-state index contributed by atoms with van der Waals surface area (Å²) >= 11 is 7.45. The summed E-state index contributed by atoms with van der Waals surface area (Å²) in [6.45, 7) is 6.60. The van der Waals surface area contributed by atoms with Gasteiger partial charge in [0.15, 0.2) is 0 Å². The van der Waals surface area contributed by atoms with Crippen LogP contribution in [0.1, 0.15) is 36.7 Å². The maximum absolute atomic E-state index is 13.2. The van der Waals surface area contributed by atoms with Crippen LogP contribution in [0, 0.1) is 6.92 Å². The molecule has 2 aliphatic heterocycles. The van der Waals surface area contributed by atoms with E-state index < -0.39 is 0 Å². The quantitative estimate of drug-likeness (QED) is 0.549. The van der Waals surface area contributed by atoms with Crippen LogP contribution in [0.15, 0.2) is 48.5 Å². The van der Waals surface area contributed by atoms with Crippen LogP contribution in [0.3, 0.4) is 0 Å². The summed E-state index contributed by atoms with van der Waals surface area (Å²) in [6.07, 6.45) is 0.979. The Labute approximate surface area is 208 Å². The Kier molecular flexibility index (Phi) is 6.59. The molecule has 1 aromatic heterocycles. The van der Waals surface area contributed by atoms with Gasteiger partial charge in [-0.3, -0.25) is 14.5 Å². The van der Waals surface area contributed by atoms with Gasteiger partial charge in [0.05, 0.1) is 27.1 Å². The van der Waals surface area contributed by atoms with E-state index in [4.69, 9.17) is 16.3 Å². The van der Waals surface area contributed by atoms with Crippen LogP contribution in [-0.2, 0) is 13.0 Å². The number of aryl methyl sites for hydroxylation is 1. The topological polar surface area (TPSA) is 61.9 Å². The lowest BCUT2D eigenvalue weighted by Gasteiger charge is -2.34. The van der Waals surface area contributed by atoms with Crippen LogP contribution in [0.5, 0.6) is 5.75 Å². The average Bonchev–Trinajstić information content (AvgIpc) is 3.45. The van der Waals surface area contributed by atoms with Gasteiger partial charge in [0.25, 0.3) is 11.8 Å². The number of amides is 2. The minimum Gasteiger partial charge on any atom is -0.493 e. The van der Waals surface area contributed by atoms with Crippen LogP contribution in [0.2, 0.25) is 5.02 Å². The molecule has 6 nitrogen and oxygen atoms in total. The molecule has 8 heteroatoms. The van der Waals surface area contributed by atoms with Crippen molar-refractivity contribution in [2.24, 2.45) is 0 Å². The van der Waals surface area contributed by atoms with E-state index in [2.05, 4.69) is 28.4 Å². The maximum Gasteiger partial charge on any atom is 0.264 e. The third-order valence-electron chi connectivity index (χ3n) is 6.29. The van der Waals surface area contributed by atoms with E-state index in [1.807, 2.05) is 17.9 Å². The molecule has 0 unspecified atom stereocenters. The number of carbonyl (C=O) groups is 2. The van der Waals surface area contributed by atoms with Crippen molar-refractivity contribution >= 4 is 39.8 Å². The van der Waals surface area contributed by atoms with E-state index in [1.54, 1.807) is 24.3 Å². The van der Waals surface area contributed by atoms with E-state index >= 15 is 0 Å². The predicted molar refractivity (Wildman–Crippen MR) is 135 cm³/mol. The van der Waals surface area contributed by atoms with Crippen LogP contribution < -0.4 is 10.1 Å². The predicted octanol–water partition coefficient (Wildman–Crippen LogP) is 4.86. The second-order valence-corrected chi connectivity index (χ2v) is 10.1. The molecule has 0 aliphatic carbocycles. The van der Waals surface area contributed by atoms with Gasteiger partial charge in [-0.05, 0) is 47.9 Å². The number of hydrogen-bond acceptors (Lipinski definition) is 5. The highest BCUT2D eigenvalue weighted by Gasteiger charge is 2.25. The second kappa shape index (κ2) is 9.78. The third-order valence-corrected chi connectivity index (χ3v) is 7.76.